The van der Waals surface area contributed by atoms with Gasteiger partial charge in [0.25, 0.3) is 5.91 Å². The maximum absolute atomic E-state index is 13.1. The third kappa shape index (κ3) is 3.72. The van der Waals surface area contributed by atoms with Gasteiger partial charge in [0, 0.05) is 42.5 Å². The van der Waals surface area contributed by atoms with Gasteiger partial charge in [0.1, 0.15) is 22.8 Å². The minimum Gasteiger partial charge on any atom is -0.360 e. The van der Waals surface area contributed by atoms with Crippen LogP contribution < -0.4 is 5.32 Å². The molecule has 5 rings (SSSR count). The fraction of sp³-hybridized carbons (Fsp3) is 0.261. The number of fused-ring (bicyclic) bond motifs is 1. The van der Waals surface area contributed by atoms with Gasteiger partial charge in [-0.3, -0.25) is 9.78 Å². The Balaban J connectivity index is 1.33. The monoisotopic (exact) mass is 414 g/mol. The molecule has 0 saturated carbocycles. The Morgan fingerprint density at radius 3 is 2.68 bits per heavy atom. The molecule has 3 aromatic heterocycles. The maximum atomic E-state index is 13.1. The number of hydrogen-bond acceptors (Lipinski definition) is 6. The Bertz CT molecular complexity index is 1200. The highest BCUT2D eigenvalue weighted by atomic mass is 16.5. The second-order valence-electron chi connectivity index (χ2n) is 7.65. The molecule has 1 aliphatic rings. The average molecular weight is 414 g/mol. The Labute approximate surface area is 179 Å². The SMILES string of the molecule is Cc1onc(-c2ccccc2)c1C(=O)NC1CCc2nnc(-c3ccncc3)n2CC1. The minimum absolute atomic E-state index is 0.0254. The molecular weight excluding hydrogens is 392 g/mol. The van der Waals surface area contributed by atoms with Crippen molar-refractivity contribution in [1.82, 2.24) is 30.2 Å². The summed E-state index contributed by atoms with van der Waals surface area (Å²) in [7, 11) is 0. The van der Waals surface area contributed by atoms with E-state index in [0.717, 1.165) is 48.6 Å². The first-order valence-corrected chi connectivity index (χ1v) is 10.4. The topological polar surface area (TPSA) is 98.7 Å². The van der Waals surface area contributed by atoms with Crippen LogP contribution in [0.25, 0.3) is 22.6 Å². The van der Waals surface area contributed by atoms with E-state index in [1.165, 1.54) is 0 Å². The highest BCUT2D eigenvalue weighted by Gasteiger charge is 2.26. The number of amides is 1. The second kappa shape index (κ2) is 8.14. The molecule has 1 amide bonds. The van der Waals surface area contributed by atoms with Crippen molar-refractivity contribution in [1.29, 1.82) is 0 Å². The van der Waals surface area contributed by atoms with E-state index >= 15 is 0 Å². The molecule has 0 saturated heterocycles. The number of benzene rings is 1. The zero-order valence-corrected chi connectivity index (χ0v) is 17.2. The van der Waals surface area contributed by atoms with Crippen molar-refractivity contribution in [3.63, 3.8) is 0 Å². The van der Waals surface area contributed by atoms with Crippen molar-refractivity contribution in [3.05, 3.63) is 72.0 Å². The number of carbonyl (C=O) groups excluding carboxylic acids is 1. The summed E-state index contributed by atoms with van der Waals surface area (Å²) in [5, 5.41) is 16.1. The second-order valence-corrected chi connectivity index (χ2v) is 7.65. The summed E-state index contributed by atoms with van der Waals surface area (Å²) in [6.07, 6.45) is 5.84. The van der Waals surface area contributed by atoms with Gasteiger partial charge in [0.15, 0.2) is 5.82 Å². The fourth-order valence-corrected chi connectivity index (χ4v) is 4.04. The molecule has 1 aromatic carbocycles. The lowest BCUT2D eigenvalue weighted by Gasteiger charge is -2.16. The summed E-state index contributed by atoms with van der Waals surface area (Å²) in [4.78, 5) is 17.2. The molecule has 0 fully saturated rings. The average Bonchev–Trinajstić information content (AvgIpc) is 3.34. The zero-order valence-electron chi connectivity index (χ0n) is 17.2. The number of aromatic nitrogens is 5. The summed E-state index contributed by atoms with van der Waals surface area (Å²) in [5.41, 5.74) is 2.91. The third-order valence-corrected chi connectivity index (χ3v) is 5.66. The van der Waals surface area contributed by atoms with Crippen molar-refractivity contribution in [2.24, 2.45) is 0 Å². The molecular formula is C23H22N6O2. The van der Waals surface area contributed by atoms with E-state index in [4.69, 9.17) is 4.52 Å². The predicted octanol–water partition coefficient (Wildman–Crippen LogP) is 3.44. The molecule has 1 aliphatic heterocycles. The Morgan fingerprint density at radius 2 is 1.87 bits per heavy atom. The summed E-state index contributed by atoms with van der Waals surface area (Å²) in [6.45, 7) is 2.50. The molecule has 156 valence electrons. The molecule has 0 aliphatic carbocycles. The van der Waals surface area contributed by atoms with Crippen LogP contribution in [0.4, 0.5) is 0 Å². The Morgan fingerprint density at radius 1 is 1.06 bits per heavy atom. The van der Waals surface area contributed by atoms with E-state index in [2.05, 4.69) is 30.2 Å². The standard InChI is InChI=1S/C23H22N6O2/c1-15-20(21(28-31-15)16-5-3-2-4-6-16)23(30)25-18-7-8-19-26-27-22(29(19)14-11-18)17-9-12-24-13-10-17/h2-6,9-10,12-13,18H,7-8,11,14H2,1H3,(H,25,30). The van der Waals surface area contributed by atoms with Crippen molar-refractivity contribution >= 4 is 5.91 Å². The van der Waals surface area contributed by atoms with Gasteiger partial charge in [-0.15, -0.1) is 10.2 Å². The van der Waals surface area contributed by atoms with Crippen molar-refractivity contribution in [3.8, 4) is 22.6 Å². The molecule has 8 heteroatoms. The summed E-state index contributed by atoms with van der Waals surface area (Å²) < 4.78 is 7.49. The van der Waals surface area contributed by atoms with Crippen LogP contribution in [-0.4, -0.2) is 36.9 Å². The summed E-state index contributed by atoms with van der Waals surface area (Å²) in [6, 6.07) is 13.5. The van der Waals surface area contributed by atoms with Crippen molar-refractivity contribution in [2.45, 2.75) is 38.8 Å². The lowest BCUT2D eigenvalue weighted by atomic mass is 10.0. The molecule has 1 N–H and O–H groups in total. The van der Waals surface area contributed by atoms with Gasteiger partial charge < -0.3 is 14.4 Å². The lowest BCUT2D eigenvalue weighted by molar-refractivity contribution is 0.0932. The number of pyridine rings is 1. The molecule has 0 bridgehead atoms. The van der Waals surface area contributed by atoms with Gasteiger partial charge in [0.2, 0.25) is 0 Å². The highest BCUT2D eigenvalue weighted by molar-refractivity contribution is 6.00. The van der Waals surface area contributed by atoms with Crippen LogP contribution in [0, 0.1) is 6.92 Å². The van der Waals surface area contributed by atoms with Crippen LogP contribution in [0.15, 0.2) is 59.4 Å². The van der Waals surface area contributed by atoms with Crippen LogP contribution in [0.3, 0.4) is 0 Å². The summed E-state index contributed by atoms with van der Waals surface area (Å²) >= 11 is 0. The first-order chi connectivity index (χ1) is 15.2. The fourth-order valence-electron chi connectivity index (χ4n) is 4.04. The summed E-state index contributed by atoms with van der Waals surface area (Å²) in [5.74, 6) is 2.14. The quantitative estimate of drug-likeness (QED) is 0.549. The number of hydrogen-bond donors (Lipinski definition) is 1. The first-order valence-electron chi connectivity index (χ1n) is 10.4. The first kappa shape index (κ1) is 19.2. The molecule has 0 spiro atoms. The molecule has 0 radical (unpaired) electrons. The van der Waals surface area contributed by atoms with Gasteiger partial charge in [0.05, 0.1) is 0 Å². The molecule has 4 heterocycles. The number of rotatable bonds is 4. The van der Waals surface area contributed by atoms with Crippen LogP contribution in [0.2, 0.25) is 0 Å². The number of nitrogens with zero attached hydrogens (tertiary/aromatic N) is 5. The Hall–Kier alpha value is -3.81. The lowest BCUT2D eigenvalue weighted by Crippen LogP contribution is -2.35. The van der Waals surface area contributed by atoms with E-state index in [-0.39, 0.29) is 11.9 Å². The van der Waals surface area contributed by atoms with Crippen LogP contribution in [-0.2, 0) is 13.0 Å². The number of nitrogens with one attached hydrogen (secondary N) is 1. The highest BCUT2D eigenvalue weighted by Crippen LogP contribution is 2.26. The van der Waals surface area contributed by atoms with E-state index in [9.17, 15) is 4.79 Å². The molecule has 1 atom stereocenters. The molecule has 8 nitrogen and oxygen atoms in total. The third-order valence-electron chi connectivity index (χ3n) is 5.66. The van der Waals surface area contributed by atoms with E-state index in [0.29, 0.717) is 17.0 Å². The smallest absolute Gasteiger partial charge is 0.257 e. The predicted molar refractivity (Wildman–Crippen MR) is 114 cm³/mol. The van der Waals surface area contributed by atoms with Gasteiger partial charge in [-0.2, -0.15) is 0 Å². The van der Waals surface area contributed by atoms with Crippen LogP contribution >= 0.6 is 0 Å². The normalized spacial score (nSPS) is 15.8. The minimum atomic E-state index is -0.158. The van der Waals surface area contributed by atoms with Crippen molar-refractivity contribution < 1.29 is 9.32 Å². The Kier molecular flexibility index (Phi) is 5.03. The molecule has 4 aromatic rings. The maximum Gasteiger partial charge on any atom is 0.257 e. The van der Waals surface area contributed by atoms with Gasteiger partial charge in [-0.1, -0.05) is 35.5 Å². The van der Waals surface area contributed by atoms with Gasteiger partial charge in [-0.25, -0.2) is 0 Å². The van der Waals surface area contributed by atoms with Gasteiger partial charge >= 0.3 is 0 Å². The molecule has 31 heavy (non-hydrogen) atoms. The van der Waals surface area contributed by atoms with Gasteiger partial charge in [-0.05, 0) is 31.9 Å². The van der Waals surface area contributed by atoms with E-state index in [1.54, 1.807) is 19.3 Å². The number of aryl methyl sites for hydroxylation is 2. The van der Waals surface area contributed by atoms with E-state index < -0.39 is 0 Å². The van der Waals surface area contributed by atoms with Crippen LogP contribution in [0.5, 0.6) is 0 Å². The van der Waals surface area contributed by atoms with E-state index in [1.807, 2.05) is 42.5 Å². The molecule has 1 unspecified atom stereocenters. The largest absolute Gasteiger partial charge is 0.360 e. The van der Waals surface area contributed by atoms with Crippen molar-refractivity contribution in [2.75, 3.05) is 0 Å². The zero-order chi connectivity index (χ0) is 21.2. The number of carbonyl (C=O) groups is 1. The van der Waals surface area contributed by atoms with Crippen LogP contribution in [0.1, 0.15) is 34.8 Å².